The summed E-state index contributed by atoms with van der Waals surface area (Å²) in [5.41, 5.74) is 8.35. The molecule has 0 bridgehead atoms. The molecule has 0 radical (unpaired) electrons. The molecule has 37 heavy (non-hydrogen) atoms. The lowest BCUT2D eigenvalue weighted by Gasteiger charge is -2.11. The first-order valence-electron chi connectivity index (χ1n) is 11.5. The molecule has 0 unspecified atom stereocenters. The van der Waals surface area contributed by atoms with E-state index in [1.54, 1.807) is 23.0 Å². The van der Waals surface area contributed by atoms with Crippen LogP contribution in [0.25, 0.3) is 22.6 Å². The number of nitrogen functional groups attached to an aromatic ring is 1. The van der Waals surface area contributed by atoms with Gasteiger partial charge in [-0.3, -0.25) is 0 Å². The van der Waals surface area contributed by atoms with Gasteiger partial charge in [-0.05, 0) is 42.0 Å². The number of nitrogens with zero attached hydrogens (tertiary/aromatic N) is 4. The predicted octanol–water partition coefficient (Wildman–Crippen LogP) is 5.63. The van der Waals surface area contributed by atoms with Crippen LogP contribution in [0, 0.1) is 0 Å². The Bertz CT molecular complexity index is 1500. The van der Waals surface area contributed by atoms with Crippen LogP contribution in [0.1, 0.15) is 11.1 Å². The van der Waals surface area contributed by atoms with E-state index in [0.717, 1.165) is 23.4 Å². The fraction of sp³-hybridized carbons (Fsp3) is 0.148. The molecule has 3 aromatic carbocycles. The Hall–Kier alpha value is -4.60. The topological polar surface area (TPSA) is 90.9 Å². The van der Waals surface area contributed by atoms with Crippen LogP contribution in [-0.2, 0) is 12.7 Å². The minimum absolute atomic E-state index is 0.290. The highest BCUT2D eigenvalue weighted by molar-refractivity contribution is 5.85. The molecular formula is C27H23F3N6O. The van der Waals surface area contributed by atoms with Crippen LogP contribution >= 0.6 is 0 Å². The SMILES string of the molecule is Nc1cccc(-c2nc(NCCOc3ccccc3)c3ncn(Cc4ccc(C(F)(F)F)cc4)c3n2)c1. The minimum atomic E-state index is -4.38. The van der Waals surface area contributed by atoms with Gasteiger partial charge in [0.05, 0.1) is 25.0 Å². The normalized spacial score (nSPS) is 11.5. The van der Waals surface area contributed by atoms with Crippen LogP contribution in [0.3, 0.4) is 0 Å². The lowest BCUT2D eigenvalue weighted by Crippen LogP contribution is -2.13. The van der Waals surface area contributed by atoms with Crippen LogP contribution in [0.5, 0.6) is 5.75 Å². The number of nitrogens with two attached hydrogens (primary N) is 1. The molecule has 188 valence electrons. The molecule has 2 aromatic heterocycles. The Balaban J connectivity index is 1.44. The summed E-state index contributed by atoms with van der Waals surface area (Å²) >= 11 is 0. The van der Waals surface area contributed by atoms with Gasteiger partial charge < -0.3 is 20.4 Å². The largest absolute Gasteiger partial charge is 0.492 e. The molecule has 5 rings (SSSR count). The van der Waals surface area contributed by atoms with Crippen LogP contribution in [0.15, 0.2) is 85.2 Å². The van der Waals surface area contributed by atoms with Crippen molar-refractivity contribution in [3.63, 3.8) is 0 Å². The van der Waals surface area contributed by atoms with Crippen LogP contribution in [-0.4, -0.2) is 32.7 Å². The fourth-order valence-corrected chi connectivity index (χ4v) is 3.84. The number of nitrogens with one attached hydrogen (secondary N) is 1. The quantitative estimate of drug-likeness (QED) is 0.210. The first-order valence-corrected chi connectivity index (χ1v) is 11.5. The summed E-state index contributed by atoms with van der Waals surface area (Å²) in [6, 6.07) is 21.8. The molecule has 0 aliphatic carbocycles. The van der Waals surface area contributed by atoms with Gasteiger partial charge in [0.15, 0.2) is 17.3 Å². The van der Waals surface area contributed by atoms with Gasteiger partial charge in [0.1, 0.15) is 17.9 Å². The maximum Gasteiger partial charge on any atom is 0.416 e. The third-order valence-electron chi connectivity index (χ3n) is 5.65. The second kappa shape index (κ2) is 10.2. The van der Waals surface area contributed by atoms with E-state index >= 15 is 0 Å². The highest BCUT2D eigenvalue weighted by atomic mass is 19.4. The molecular weight excluding hydrogens is 481 g/mol. The standard InChI is InChI=1S/C27H23F3N6O/c28-27(29,30)20-11-9-18(10-12-20)16-36-17-33-23-25(32-13-14-37-22-7-2-1-3-8-22)34-24(35-26(23)36)19-5-4-6-21(31)15-19/h1-12,15,17H,13-14,16,31H2,(H,32,34,35). The number of alkyl halides is 3. The lowest BCUT2D eigenvalue weighted by molar-refractivity contribution is -0.137. The average Bonchev–Trinajstić information content (AvgIpc) is 3.29. The van der Waals surface area contributed by atoms with Crippen molar-refractivity contribution >= 4 is 22.7 Å². The molecule has 0 aliphatic heterocycles. The Morgan fingerprint density at radius 2 is 1.70 bits per heavy atom. The summed E-state index contributed by atoms with van der Waals surface area (Å²) in [5, 5.41) is 3.28. The van der Waals surface area contributed by atoms with E-state index < -0.39 is 11.7 Å². The fourth-order valence-electron chi connectivity index (χ4n) is 3.84. The zero-order valence-corrected chi connectivity index (χ0v) is 19.6. The first-order chi connectivity index (χ1) is 17.9. The van der Waals surface area contributed by atoms with Gasteiger partial charge in [-0.25, -0.2) is 15.0 Å². The number of rotatable bonds is 8. The third-order valence-corrected chi connectivity index (χ3v) is 5.65. The van der Waals surface area contributed by atoms with Gasteiger partial charge in [-0.15, -0.1) is 0 Å². The molecule has 0 fully saturated rings. The molecule has 2 heterocycles. The van der Waals surface area contributed by atoms with Crippen molar-refractivity contribution < 1.29 is 17.9 Å². The second-order valence-corrected chi connectivity index (χ2v) is 8.35. The molecule has 5 aromatic rings. The first kappa shape index (κ1) is 24.1. The molecule has 0 spiro atoms. The minimum Gasteiger partial charge on any atom is -0.492 e. The van der Waals surface area contributed by atoms with Crippen LogP contribution in [0.2, 0.25) is 0 Å². The van der Waals surface area contributed by atoms with E-state index in [2.05, 4.69) is 15.3 Å². The molecule has 3 N–H and O–H groups in total. The van der Waals surface area contributed by atoms with Gasteiger partial charge in [0.25, 0.3) is 0 Å². The van der Waals surface area contributed by atoms with Gasteiger partial charge in [0.2, 0.25) is 0 Å². The van der Waals surface area contributed by atoms with Gasteiger partial charge >= 0.3 is 6.18 Å². The number of fused-ring (bicyclic) bond motifs is 1. The summed E-state index contributed by atoms with van der Waals surface area (Å²) in [6.07, 6.45) is -2.78. The van der Waals surface area contributed by atoms with Gasteiger partial charge in [-0.1, -0.05) is 42.5 Å². The number of imidazole rings is 1. The van der Waals surface area contributed by atoms with E-state index in [0.29, 0.717) is 53.8 Å². The average molecular weight is 505 g/mol. The maximum absolute atomic E-state index is 13.0. The zero-order chi connectivity index (χ0) is 25.8. The molecule has 0 saturated heterocycles. The van der Waals surface area contributed by atoms with Crippen molar-refractivity contribution in [1.82, 2.24) is 19.5 Å². The molecule has 0 saturated carbocycles. The Morgan fingerprint density at radius 3 is 2.43 bits per heavy atom. The monoisotopic (exact) mass is 504 g/mol. The number of hydrogen-bond donors (Lipinski definition) is 2. The van der Waals surface area contributed by atoms with Crippen molar-refractivity contribution in [3.8, 4) is 17.1 Å². The molecule has 0 atom stereocenters. The molecule has 10 heteroatoms. The molecule has 7 nitrogen and oxygen atoms in total. The van der Waals surface area contributed by atoms with E-state index in [1.807, 2.05) is 42.5 Å². The second-order valence-electron chi connectivity index (χ2n) is 8.35. The zero-order valence-electron chi connectivity index (χ0n) is 19.6. The smallest absolute Gasteiger partial charge is 0.416 e. The number of ether oxygens (including phenoxy) is 1. The number of aromatic nitrogens is 4. The van der Waals surface area contributed by atoms with Crippen molar-refractivity contribution in [2.75, 3.05) is 24.2 Å². The van der Waals surface area contributed by atoms with E-state index in [-0.39, 0.29) is 0 Å². The maximum atomic E-state index is 13.0. The highest BCUT2D eigenvalue weighted by Crippen LogP contribution is 2.30. The lowest BCUT2D eigenvalue weighted by atomic mass is 10.1. The predicted molar refractivity (Wildman–Crippen MR) is 136 cm³/mol. The van der Waals surface area contributed by atoms with Crippen molar-refractivity contribution in [2.45, 2.75) is 12.7 Å². The van der Waals surface area contributed by atoms with E-state index in [4.69, 9.17) is 15.5 Å². The van der Waals surface area contributed by atoms with E-state index in [1.165, 1.54) is 12.1 Å². The van der Waals surface area contributed by atoms with Crippen molar-refractivity contribution in [1.29, 1.82) is 0 Å². The Morgan fingerprint density at radius 1 is 0.919 bits per heavy atom. The van der Waals surface area contributed by atoms with Gasteiger partial charge in [0, 0.05) is 11.3 Å². The van der Waals surface area contributed by atoms with E-state index in [9.17, 15) is 13.2 Å². The Labute approximate surface area is 210 Å². The van der Waals surface area contributed by atoms with Crippen molar-refractivity contribution in [2.24, 2.45) is 0 Å². The van der Waals surface area contributed by atoms with Gasteiger partial charge in [-0.2, -0.15) is 13.2 Å². The summed E-state index contributed by atoms with van der Waals surface area (Å²) in [4.78, 5) is 13.9. The van der Waals surface area contributed by atoms with Crippen LogP contribution in [0.4, 0.5) is 24.7 Å². The summed E-state index contributed by atoms with van der Waals surface area (Å²) < 4.78 is 46.4. The summed E-state index contributed by atoms with van der Waals surface area (Å²) in [7, 11) is 0. The number of halogens is 3. The Kier molecular flexibility index (Phi) is 6.63. The molecule has 0 aliphatic rings. The number of benzene rings is 3. The van der Waals surface area contributed by atoms with Crippen LogP contribution < -0.4 is 15.8 Å². The van der Waals surface area contributed by atoms with Crippen molar-refractivity contribution in [3.05, 3.63) is 96.3 Å². The number of anilines is 2. The number of hydrogen-bond acceptors (Lipinski definition) is 6. The summed E-state index contributed by atoms with van der Waals surface area (Å²) in [5.74, 6) is 1.73. The number of para-hydroxylation sites is 1. The highest BCUT2D eigenvalue weighted by Gasteiger charge is 2.30. The summed E-state index contributed by atoms with van der Waals surface area (Å²) in [6.45, 7) is 1.15. The third kappa shape index (κ3) is 5.64. The molecule has 0 amide bonds.